The van der Waals surface area contributed by atoms with E-state index < -0.39 is 23.8 Å². The number of nitrogens with one attached hydrogen (secondary N) is 1. The molecule has 10 heteroatoms. The first-order chi connectivity index (χ1) is 16.5. The van der Waals surface area contributed by atoms with Gasteiger partial charge in [0.2, 0.25) is 11.8 Å². The van der Waals surface area contributed by atoms with Crippen LogP contribution in [0.1, 0.15) is 27.6 Å². The molecule has 3 amide bonds. The van der Waals surface area contributed by atoms with Gasteiger partial charge in [-0.3, -0.25) is 19.3 Å². The number of carbonyl (C=O) groups excluding carboxylic acids is 3. The SMILES string of the molecule is CC(C(=O)Nc1ccc(Oc2ccc(-n3cccn3)nn2)cc1)N1C(=O)c2ccccc2C1=O. The van der Waals surface area contributed by atoms with Gasteiger partial charge in [-0.25, -0.2) is 4.68 Å². The predicted molar refractivity (Wildman–Crippen MR) is 121 cm³/mol. The Kier molecular flexibility index (Phi) is 5.30. The van der Waals surface area contributed by atoms with Crippen molar-refractivity contribution in [3.05, 3.63) is 90.3 Å². The molecule has 4 aromatic rings. The lowest BCUT2D eigenvalue weighted by atomic mass is 10.1. The maximum Gasteiger partial charge on any atom is 0.262 e. The van der Waals surface area contributed by atoms with Crippen molar-refractivity contribution in [3.63, 3.8) is 0 Å². The Labute approximate surface area is 193 Å². The molecular weight excluding hydrogens is 436 g/mol. The number of hydrogen-bond donors (Lipinski definition) is 1. The quantitative estimate of drug-likeness (QED) is 0.445. The molecule has 0 aliphatic carbocycles. The van der Waals surface area contributed by atoms with Gasteiger partial charge in [0.15, 0.2) is 5.82 Å². The van der Waals surface area contributed by atoms with E-state index in [0.717, 1.165) is 4.90 Å². The second-order valence-electron chi connectivity index (χ2n) is 7.50. The van der Waals surface area contributed by atoms with Gasteiger partial charge in [-0.05, 0) is 55.5 Å². The van der Waals surface area contributed by atoms with E-state index in [0.29, 0.717) is 34.3 Å². The molecular formula is C24H18N6O4. The highest BCUT2D eigenvalue weighted by molar-refractivity contribution is 6.23. The maximum atomic E-state index is 12.7. The number of imide groups is 1. The minimum absolute atomic E-state index is 0.298. The smallest absolute Gasteiger partial charge is 0.262 e. The van der Waals surface area contributed by atoms with E-state index in [1.807, 2.05) is 0 Å². The van der Waals surface area contributed by atoms with Crippen LogP contribution in [0.3, 0.4) is 0 Å². The summed E-state index contributed by atoms with van der Waals surface area (Å²) in [6.07, 6.45) is 3.40. The van der Waals surface area contributed by atoms with Gasteiger partial charge >= 0.3 is 0 Å². The number of rotatable bonds is 6. The van der Waals surface area contributed by atoms with Gasteiger partial charge in [0.1, 0.15) is 11.8 Å². The fourth-order valence-electron chi connectivity index (χ4n) is 3.54. The number of fused-ring (bicyclic) bond motifs is 1. The third-order valence-electron chi connectivity index (χ3n) is 5.30. The molecule has 2 aromatic carbocycles. The number of amides is 3. The molecule has 0 radical (unpaired) electrons. The largest absolute Gasteiger partial charge is 0.438 e. The molecule has 34 heavy (non-hydrogen) atoms. The van der Waals surface area contributed by atoms with Crippen molar-refractivity contribution in [1.29, 1.82) is 0 Å². The van der Waals surface area contributed by atoms with E-state index in [-0.39, 0.29) is 0 Å². The normalized spacial score (nSPS) is 13.5. The molecule has 0 fully saturated rings. The van der Waals surface area contributed by atoms with Crippen LogP contribution in [0.4, 0.5) is 5.69 Å². The zero-order valence-electron chi connectivity index (χ0n) is 18.0. The van der Waals surface area contributed by atoms with Crippen molar-refractivity contribution in [2.24, 2.45) is 0 Å². The van der Waals surface area contributed by atoms with Crippen LogP contribution in [0.15, 0.2) is 79.1 Å². The van der Waals surface area contributed by atoms with Gasteiger partial charge in [-0.15, -0.1) is 10.2 Å². The van der Waals surface area contributed by atoms with Crippen molar-refractivity contribution in [2.45, 2.75) is 13.0 Å². The van der Waals surface area contributed by atoms with Crippen LogP contribution in [0.5, 0.6) is 11.6 Å². The van der Waals surface area contributed by atoms with Crippen LogP contribution in [0, 0.1) is 0 Å². The van der Waals surface area contributed by atoms with Gasteiger partial charge < -0.3 is 10.1 Å². The zero-order chi connectivity index (χ0) is 23.7. The molecule has 0 saturated heterocycles. The summed E-state index contributed by atoms with van der Waals surface area (Å²) in [5.74, 6) is -0.0938. The first-order valence-corrected chi connectivity index (χ1v) is 10.4. The molecule has 5 rings (SSSR count). The molecule has 2 aromatic heterocycles. The summed E-state index contributed by atoms with van der Waals surface area (Å²) in [5.41, 5.74) is 1.09. The van der Waals surface area contributed by atoms with E-state index in [1.165, 1.54) is 6.92 Å². The first-order valence-electron chi connectivity index (χ1n) is 10.4. The first kappa shape index (κ1) is 21.0. The molecule has 1 aliphatic heterocycles. The average molecular weight is 454 g/mol. The van der Waals surface area contributed by atoms with Crippen molar-refractivity contribution in [3.8, 4) is 17.4 Å². The molecule has 1 unspecified atom stereocenters. The van der Waals surface area contributed by atoms with Crippen molar-refractivity contribution in [2.75, 3.05) is 5.32 Å². The standard InChI is InChI=1S/C24H18N6O4/c1-15(30-23(32)18-5-2-3-6-19(18)24(30)33)22(31)26-16-7-9-17(10-8-16)34-21-12-11-20(27-28-21)29-14-4-13-25-29/h2-15H,1H3,(H,26,31). The highest BCUT2D eigenvalue weighted by atomic mass is 16.5. The Balaban J connectivity index is 1.22. The monoisotopic (exact) mass is 454 g/mol. The fraction of sp³-hybridized carbons (Fsp3) is 0.0833. The second kappa shape index (κ2) is 8.58. The molecule has 10 nitrogen and oxygen atoms in total. The molecule has 1 N–H and O–H groups in total. The van der Waals surface area contributed by atoms with Crippen LogP contribution in [0.2, 0.25) is 0 Å². The second-order valence-corrected chi connectivity index (χ2v) is 7.50. The summed E-state index contributed by atoms with van der Waals surface area (Å²) < 4.78 is 7.27. The topological polar surface area (TPSA) is 119 Å². The number of nitrogens with zero attached hydrogens (tertiary/aromatic N) is 5. The maximum absolute atomic E-state index is 12.7. The number of aromatic nitrogens is 4. The Morgan fingerprint density at radius 1 is 0.912 bits per heavy atom. The van der Waals surface area contributed by atoms with Crippen molar-refractivity contribution >= 4 is 23.4 Å². The molecule has 0 saturated carbocycles. The number of hydrogen-bond acceptors (Lipinski definition) is 7. The number of anilines is 1. The van der Waals surface area contributed by atoms with Crippen LogP contribution in [-0.2, 0) is 4.79 Å². The van der Waals surface area contributed by atoms with Crippen LogP contribution < -0.4 is 10.1 Å². The van der Waals surface area contributed by atoms with Crippen LogP contribution in [0.25, 0.3) is 5.82 Å². The summed E-state index contributed by atoms with van der Waals surface area (Å²) in [4.78, 5) is 38.9. The Morgan fingerprint density at radius 2 is 1.62 bits per heavy atom. The highest BCUT2D eigenvalue weighted by Gasteiger charge is 2.40. The van der Waals surface area contributed by atoms with E-state index in [1.54, 1.807) is 83.8 Å². The summed E-state index contributed by atoms with van der Waals surface area (Å²) >= 11 is 0. The summed E-state index contributed by atoms with van der Waals surface area (Å²) in [6.45, 7) is 1.51. The van der Waals surface area contributed by atoms with Gasteiger partial charge in [-0.2, -0.15) is 5.10 Å². The Hall–Kier alpha value is -4.86. The average Bonchev–Trinajstić information content (AvgIpc) is 3.48. The fourth-order valence-corrected chi connectivity index (χ4v) is 3.54. The molecule has 168 valence electrons. The summed E-state index contributed by atoms with van der Waals surface area (Å²) in [7, 11) is 0. The lowest BCUT2D eigenvalue weighted by Crippen LogP contribution is -2.45. The lowest BCUT2D eigenvalue weighted by Gasteiger charge is -2.21. The van der Waals surface area contributed by atoms with Crippen LogP contribution in [-0.4, -0.2) is 48.6 Å². The number of ether oxygens (including phenoxy) is 1. The van der Waals surface area contributed by atoms with E-state index in [2.05, 4.69) is 20.6 Å². The Bertz CT molecular complexity index is 1330. The van der Waals surface area contributed by atoms with Gasteiger partial charge in [0.25, 0.3) is 11.8 Å². The van der Waals surface area contributed by atoms with E-state index in [4.69, 9.17) is 4.74 Å². The lowest BCUT2D eigenvalue weighted by molar-refractivity contribution is -0.119. The predicted octanol–water partition coefficient (Wildman–Crippen LogP) is 3.08. The minimum Gasteiger partial charge on any atom is -0.438 e. The van der Waals surface area contributed by atoms with Crippen LogP contribution >= 0.6 is 0 Å². The van der Waals surface area contributed by atoms with E-state index in [9.17, 15) is 14.4 Å². The molecule has 0 spiro atoms. The van der Waals surface area contributed by atoms with Crippen molar-refractivity contribution in [1.82, 2.24) is 24.9 Å². The van der Waals surface area contributed by atoms with Gasteiger partial charge in [0, 0.05) is 24.1 Å². The molecule has 3 heterocycles. The molecule has 1 aliphatic rings. The summed E-state index contributed by atoms with van der Waals surface area (Å²) in [6, 6.07) is 17.3. The van der Waals surface area contributed by atoms with Gasteiger partial charge in [-0.1, -0.05) is 12.1 Å². The minimum atomic E-state index is -0.980. The number of carbonyl (C=O) groups is 3. The van der Waals surface area contributed by atoms with E-state index >= 15 is 0 Å². The van der Waals surface area contributed by atoms with Crippen molar-refractivity contribution < 1.29 is 19.1 Å². The van der Waals surface area contributed by atoms with Gasteiger partial charge in [0.05, 0.1) is 11.1 Å². The zero-order valence-corrected chi connectivity index (χ0v) is 18.0. The molecule has 1 atom stereocenters. The summed E-state index contributed by atoms with van der Waals surface area (Å²) in [5, 5.41) is 14.9. The third-order valence-corrected chi connectivity index (χ3v) is 5.30. The third kappa shape index (κ3) is 3.88. The molecule has 0 bridgehead atoms. The highest BCUT2D eigenvalue weighted by Crippen LogP contribution is 2.26. The number of benzene rings is 2. The Morgan fingerprint density at radius 3 is 2.21 bits per heavy atom.